The molecule has 0 amide bonds. The number of carbonyl (C=O) groups excluding carboxylic acids is 1. The molecule has 4 heteroatoms. The Morgan fingerprint density at radius 1 is 1.62 bits per heavy atom. The normalized spacial score (nSPS) is 39.1. The van der Waals surface area contributed by atoms with E-state index < -0.39 is 5.54 Å². The molecule has 2 saturated heterocycles. The average Bonchev–Trinajstić information content (AvgIpc) is 2.69. The van der Waals surface area contributed by atoms with Gasteiger partial charge < -0.3 is 10.5 Å². The van der Waals surface area contributed by atoms with Gasteiger partial charge in [-0.3, -0.25) is 9.69 Å². The Bertz CT molecular complexity index is 232. The maximum absolute atomic E-state index is 11.5. The molecule has 0 aliphatic carbocycles. The third-order valence-electron chi connectivity index (χ3n) is 3.34. The van der Waals surface area contributed by atoms with E-state index in [0.717, 1.165) is 32.4 Å². The summed E-state index contributed by atoms with van der Waals surface area (Å²) in [5.41, 5.74) is 5.35. The Morgan fingerprint density at radius 3 is 3.08 bits per heavy atom. The quantitative estimate of drug-likeness (QED) is 0.570. The first-order chi connectivity index (χ1) is 6.18. The molecule has 74 valence electrons. The molecular weight excluding hydrogens is 168 g/mol. The van der Waals surface area contributed by atoms with Crippen LogP contribution in [0.25, 0.3) is 0 Å². The Balaban J connectivity index is 2.18. The smallest absolute Gasteiger partial charge is 0.327 e. The van der Waals surface area contributed by atoms with Crippen LogP contribution in [-0.2, 0) is 9.53 Å². The summed E-state index contributed by atoms with van der Waals surface area (Å²) in [6.45, 7) is 2.02. The number of nitrogens with zero attached hydrogens (tertiary/aromatic N) is 1. The van der Waals surface area contributed by atoms with Gasteiger partial charge in [0.15, 0.2) is 0 Å². The predicted octanol–water partition coefficient (Wildman–Crippen LogP) is -0.275. The van der Waals surface area contributed by atoms with Gasteiger partial charge in [0.05, 0.1) is 7.11 Å². The molecule has 0 aromatic carbocycles. The highest BCUT2D eigenvalue weighted by Gasteiger charge is 2.52. The van der Waals surface area contributed by atoms with Crippen molar-refractivity contribution in [2.24, 2.45) is 5.73 Å². The van der Waals surface area contributed by atoms with Gasteiger partial charge in [0.25, 0.3) is 0 Å². The third-order valence-corrected chi connectivity index (χ3v) is 3.34. The molecule has 2 atom stereocenters. The van der Waals surface area contributed by atoms with Crippen molar-refractivity contribution >= 4 is 5.97 Å². The number of esters is 1. The molecule has 0 radical (unpaired) electrons. The van der Waals surface area contributed by atoms with E-state index >= 15 is 0 Å². The van der Waals surface area contributed by atoms with Gasteiger partial charge in [-0.05, 0) is 25.8 Å². The third kappa shape index (κ3) is 1.16. The lowest BCUT2D eigenvalue weighted by atomic mass is 9.90. The molecule has 2 aliphatic rings. The van der Waals surface area contributed by atoms with Crippen molar-refractivity contribution in [3.05, 3.63) is 0 Å². The summed E-state index contributed by atoms with van der Waals surface area (Å²) in [5, 5.41) is 0. The number of fused-ring (bicyclic) bond motifs is 1. The van der Waals surface area contributed by atoms with Gasteiger partial charge in [0, 0.05) is 12.6 Å². The molecule has 0 aromatic heterocycles. The minimum Gasteiger partial charge on any atom is -0.468 e. The molecule has 2 aliphatic heterocycles. The first-order valence-corrected chi connectivity index (χ1v) is 4.80. The number of ether oxygens (including phenoxy) is 1. The van der Waals surface area contributed by atoms with Crippen LogP contribution in [0.5, 0.6) is 0 Å². The fourth-order valence-corrected chi connectivity index (χ4v) is 2.60. The van der Waals surface area contributed by atoms with Gasteiger partial charge in [-0.1, -0.05) is 0 Å². The number of rotatable bonds is 1. The Hall–Kier alpha value is -0.610. The minimum absolute atomic E-state index is 0.222. The summed E-state index contributed by atoms with van der Waals surface area (Å²) in [6, 6.07) is 0.222. The fourth-order valence-electron chi connectivity index (χ4n) is 2.60. The lowest BCUT2D eigenvalue weighted by Crippen LogP contribution is -2.56. The van der Waals surface area contributed by atoms with E-state index in [0.29, 0.717) is 0 Å². The van der Waals surface area contributed by atoms with Crippen LogP contribution in [0.3, 0.4) is 0 Å². The number of hydrogen-bond donors (Lipinski definition) is 1. The van der Waals surface area contributed by atoms with Gasteiger partial charge in [-0.25, -0.2) is 0 Å². The van der Waals surface area contributed by atoms with Crippen molar-refractivity contribution < 1.29 is 9.53 Å². The molecule has 0 bridgehead atoms. The SMILES string of the molecule is COC(=O)C1(N)CCN2CCCC21. The average molecular weight is 184 g/mol. The van der Waals surface area contributed by atoms with Crippen molar-refractivity contribution in [2.45, 2.75) is 30.8 Å². The van der Waals surface area contributed by atoms with Crippen LogP contribution in [0.15, 0.2) is 0 Å². The van der Waals surface area contributed by atoms with Crippen molar-refractivity contribution in [2.75, 3.05) is 20.2 Å². The highest BCUT2D eigenvalue weighted by atomic mass is 16.5. The Kier molecular flexibility index (Phi) is 2.04. The fraction of sp³-hybridized carbons (Fsp3) is 0.889. The van der Waals surface area contributed by atoms with E-state index in [4.69, 9.17) is 10.5 Å². The van der Waals surface area contributed by atoms with Crippen molar-refractivity contribution in [1.82, 2.24) is 4.90 Å². The summed E-state index contributed by atoms with van der Waals surface area (Å²) in [7, 11) is 1.41. The Labute approximate surface area is 78.0 Å². The molecule has 13 heavy (non-hydrogen) atoms. The largest absolute Gasteiger partial charge is 0.468 e. The molecule has 0 saturated carbocycles. The van der Waals surface area contributed by atoms with Crippen LogP contribution >= 0.6 is 0 Å². The summed E-state index contributed by atoms with van der Waals surface area (Å²) >= 11 is 0. The van der Waals surface area contributed by atoms with Crippen LogP contribution in [0.2, 0.25) is 0 Å². The van der Waals surface area contributed by atoms with E-state index in [1.54, 1.807) is 0 Å². The highest BCUT2D eigenvalue weighted by Crippen LogP contribution is 2.34. The number of hydrogen-bond acceptors (Lipinski definition) is 4. The standard InChI is InChI=1S/C9H16N2O2/c1-13-8(12)9(10)4-6-11-5-2-3-7(9)11/h7H,2-6,10H2,1H3. The van der Waals surface area contributed by atoms with Crippen molar-refractivity contribution in [1.29, 1.82) is 0 Å². The second kappa shape index (κ2) is 2.96. The molecular formula is C9H16N2O2. The molecule has 4 nitrogen and oxygen atoms in total. The zero-order valence-electron chi connectivity index (χ0n) is 7.95. The monoisotopic (exact) mass is 184 g/mol. The minimum atomic E-state index is -0.731. The Morgan fingerprint density at radius 2 is 2.38 bits per heavy atom. The lowest BCUT2D eigenvalue weighted by Gasteiger charge is -2.27. The van der Waals surface area contributed by atoms with Crippen molar-refractivity contribution in [3.8, 4) is 0 Å². The van der Waals surface area contributed by atoms with E-state index in [-0.39, 0.29) is 12.0 Å². The van der Waals surface area contributed by atoms with Crippen LogP contribution in [-0.4, -0.2) is 42.6 Å². The zero-order valence-corrected chi connectivity index (χ0v) is 7.95. The first-order valence-electron chi connectivity index (χ1n) is 4.80. The van der Waals surface area contributed by atoms with E-state index in [2.05, 4.69) is 4.90 Å². The molecule has 2 fully saturated rings. The number of carbonyl (C=O) groups is 1. The molecule has 2 N–H and O–H groups in total. The van der Waals surface area contributed by atoms with Crippen LogP contribution in [0.4, 0.5) is 0 Å². The summed E-state index contributed by atoms with van der Waals surface area (Å²) in [5.74, 6) is -0.248. The van der Waals surface area contributed by atoms with Gasteiger partial charge in [-0.15, -0.1) is 0 Å². The number of methoxy groups -OCH3 is 1. The maximum atomic E-state index is 11.5. The van der Waals surface area contributed by atoms with Crippen LogP contribution < -0.4 is 5.73 Å². The molecule has 2 rings (SSSR count). The van der Waals surface area contributed by atoms with E-state index in [1.165, 1.54) is 7.11 Å². The van der Waals surface area contributed by atoms with Crippen molar-refractivity contribution in [3.63, 3.8) is 0 Å². The zero-order chi connectivity index (χ0) is 9.47. The lowest BCUT2D eigenvalue weighted by molar-refractivity contribution is -0.147. The summed E-state index contributed by atoms with van der Waals surface area (Å²) in [4.78, 5) is 13.8. The molecule has 2 unspecified atom stereocenters. The van der Waals surface area contributed by atoms with Gasteiger partial charge in [0.1, 0.15) is 5.54 Å². The molecule has 0 spiro atoms. The van der Waals surface area contributed by atoms with Gasteiger partial charge in [-0.2, -0.15) is 0 Å². The first kappa shape index (κ1) is 8.97. The molecule has 2 heterocycles. The van der Waals surface area contributed by atoms with E-state index in [1.807, 2.05) is 0 Å². The molecule has 0 aromatic rings. The topological polar surface area (TPSA) is 55.6 Å². The maximum Gasteiger partial charge on any atom is 0.327 e. The second-order valence-corrected chi connectivity index (χ2v) is 3.98. The van der Waals surface area contributed by atoms with E-state index in [9.17, 15) is 4.79 Å². The summed E-state index contributed by atoms with van der Waals surface area (Å²) in [6.07, 6.45) is 2.93. The highest BCUT2D eigenvalue weighted by molar-refractivity contribution is 5.82. The van der Waals surface area contributed by atoms with Gasteiger partial charge >= 0.3 is 5.97 Å². The second-order valence-electron chi connectivity index (χ2n) is 3.98. The number of nitrogens with two attached hydrogens (primary N) is 1. The van der Waals surface area contributed by atoms with Gasteiger partial charge in [0.2, 0.25) is 0 Å². The summed E-state index contributed by atoms with van der Waals surface area (Å²) < 4.78 is 4.75. The van der Waals surface area contributed by atoms with Crippen LogP contribution in [0, 0.1) is 0 Å². The predicted molar refractivity (Wildman–Crippen MR) is 48.1 cm³/mol. The van der Waals surface area contributed by atoms with Crippen LogP contribution in [0.1, 0.15) is 19.3 Å².